The Hall–Kier alpha value is -2.87. The molecule has 0 aromatic heterocycles. The molecule has 0 spiro atoms. The molecule has 31 heavy (non-hydrogen) atoms. The SMILES string of the molecule is N#CC1CCCN1C(=O)CNCCN1CCN(C2CCCCC2)C1=O.O=C(O)C(=O)O. The van der Waals surface area contributed by atoms with Crippen molar-refractivity contribution in [3.05, 3.63) is 0 Å². The number of carboxylic acid groups (broad SMARTS) is 2. The van der Waals surface area contributed by atoms with Crippen molar-refractivity contribution >= 4 is 23.9 Å². The zero-order valence-corrected chi connectivity index (χ0v) is 17.7. The van der Waals surface area contributed by atoms with Gasteiger partial charge in [-0.25, -0.2) is 14.4 Å². The Bertz CT molecular complexity index is 691. The topological polar surface area (TPSA) is 154 Å². The van der Waals surface area contributed by atoms with Gasteiger partial charge in [0.25, 0.3) is 0 Å². The summed E-state index contributed by atoms with van der Waals surface area (Å²) >= 11 is 0. The quantitative estimate of drug-likeness (QED) is 0.396. The van der Waals surface area contributed by atoms with E-state index in [0.29, 0.717) is 25.7 Å². The first kappa shape index (κ1) is 24.4. The number of amides is 3. The van der Waals surface area contributed by atoms with Gasteiger partial charge in [0.1, 0.15) is 6.04 Å². The van der Waals surface area contributed by atoms with E-state index in [1.54, 1.807) is 4.90 Å². The van der Waals surface area contributed by atoms with Crippen molar-refractivity contribution in [2.75, 3.05) is 39.3 Å². The van der Waals surface area contributed by atoms with E-state index in [4.69, 9.17) is 25.1 Å². The molecule has 3 rings (SSSR count). The van der Waals surface area contributed by atoms with Crippen molar-refractivity contribution < 1.29 is 29.4 Å². The minimum Gasteiger partial charge on any atom is -0.473 e. The lowest BCUT2D eigenvalue weighted by molar-refractivity contribution is -0.159. The molecule has 3 fully saturated rings. The monoisotopic (exact) mass is 437 g/mol. The lowest BCUT2D eigenvalue weighted by Gasteiger charge is -2.30. The summed E-state index contributed by atoms with van der Waals surface area (Å²) in [6.45, 7) is 3.79. The fourth-order valence-corrected chi connectivity index (χ4v) is 4.25. The van der Waals surface area contributed by atoms with Crippen LogP contribution in [0.4, 0.5) is 4.79 Å². The van der Waals surface area contributed by atoms with Gasteiger partial charge in [0.15, 0.2) is 0 Å². The number of urea groups is 1. The number of hydrogen-bond donors (Lipinski definition) is 3. The van der Waals surface area contributed by atoms with Crippen LogP contribution in [0.1, 0.15) is 44.9 Å². The Balaban J connectivity index is 0.000000501. The van der Waals surface area contributed by atoms with Crippen LogP contribution in [0.15, 0.2) is 0 Å². The van der Waals surface area contributed by atoms with E-state index in [9.17, 15) is 9.59 Å². The van der Waals surface area contributed by atoms with E-state index in [2.05, 4.69) is 11.4 Å². The van der Waals surface area contributed by atoms with Gasteiger partial charge in [0.2, 0.25) is 5.91 Å². The third kappa shape index (κ3) is 7.10. The number of aliphatic carboxylic acids is 2. The van der Waals surface area contributed by atoms with Gasteiger partial charge < -0.3 is 30.2 Å². The van der Waals surface area contributed by atoms with E-state index >= 15 is 0 Å². The third-order valence-corrected chi connectivity index (χ3v) is 5.88. The minimum atomic E-state index is -1.82. The second-order valence-electron chi connectivity index (χ2n) is 7.92. The third-order valence-electron chi connectivity index (χ3n) is 5.88. The van der Waals surface area contributed by atoms with Crippen LogP contribution >= 0.6 is 0 Å². The number of likely N-dealkylation sites (tertiary alicyclic amines) is 1. The molecule has 2 heterocycles. The molecule has 2 saturated heterocycles. The molecule has 0 radical (unpaired) electrons. The largest absolute Gasteiger partial charge is 0.473 e. The van der Waals surface area contributed by atoms with Crippen molar-refractivity contribution in [3.8, 4) is 6.07 Å². The minimum absolute atomic E-state index is 0.0133. The lowest BCUT2D eigenvalue weighted by Crippen LogP contribution is -2.44. The number of nitriles is 1. The predicted octanol–water partition coefficient (Wildman–Crippen LogP) is 0.316. The van der Waals surface area contributed by atoms with Crippen LogP contribution in [-0.4, -0.2) is 100 Å². The summed E-state index contributed by atoms with van der Waals surface area (Å²) in [5, 5.41) is 27.0. The molecule has 1 saturated carbocycles. The molecule has 0 bridgehead atoms. The van der Waals surface area contributed by atoms with Gasteiger partial charge in [-0.15, -0.1) is 0 Å². The zero-order chi connectivity index (χ0) is 22.8. The van der Waals surface area contributed by atoms with Crippen molar-refractivity contribution in [1.29, 1.82) is 5.26 Å². The number of nitrogens with zero attached hydrogens (tertiary/aromatic N) is 4. The average molecular weight is 437 g/mol. The van der Waals surface area contributed by atoms with Crippen LogP contribution in [0.25, 0.3) is 0 Å². The molecule has 3 amide bonds. The first-order chi connectivity index (χ1) is 14.8. The molecule has 11 heteroatoms. The maximum Gasteiger partial charge on any atom is 0.414 e. The molecule has 0 aromatic rings. The van der Waals surface area contributed by atoms with Gasteiger partial charge in [0.05, 0.1) is 12.6 Å². The number of hydrogen-bond acceptors (Lipinski definition) is 6. The van der Waals surface area contributed by atoms with E-state index in [0.717, 1.165) is 38.8 Å². The summed E-state index contributed by atoms with van der Waals surface area (Å²) in [7, 11) is 0. The molecule has 11 nitrogen and oxygen atoms in total. The summed E-state index contributed by atoms with van der Waals surface area (Å²) in [6.07, 6.45) is 7.73. The molecule has 172 valence electrons. The van der Waals surface area contributed by atoms with Gasteiger partial charge in [0, 0.05) is 38.8 Å². The molecule has 1 unspecified atom stereocenters. The molecule has 2 aliphatic heterocycles. The number of carbonyl (C=O) groups excluding carboxylic acids is 2. The maximum absolute atomic E-state index is 12.5. The molecule has 1 atom stereocenters. The fourth-order valence-electron chi connectivity index (χ4n) is 4.25. The highest BCUT2D eigenvalue weighted by atomic mass is 16.4. The van der Waals surface area contributed by atoms with Gasteiger partial charge in [-0.2, -0.15) is 5.26 Å². The van der Waals surface area contributed by atoms with Crippen molar-refractivity contribution in [3.63, 3.8) is 0 Å². The summed E-state index contributed by atoms with van der Waals surface area (Å²) in [5.41, 5.74) is 0. The smallest absolute Gasteiger partial charge is 0.414 e. The van der Waals surface area contributed by atoms with E-state index in [1.165, 1.54) is 19.3 Å². The Kier molecular flexibility index (Phi) is 9.52. The van der Waals surface area contributed by atoms with Crippen molar-refractivity contribution in [2.24, 2.45) is 0 Å². The van der Waals surface area contributed by atoms with Crippen LogP contribution < -0.4 is 5.32 Å². The number of carboxylic acids is 2. The lowest BCUT2D eigenvalue weighted by atomic mass is 9.94. The van der Waals surface area contributed by atoms with Gasteiger partial charge >= 0.3 is 18.0 Å². The average Bonchev–Trinajstić information content (AvgIpc) is 3.39. The Morgan fingerprint density at radius 3 is 2.29 bits per heavy atom. The van der Waals surface area contributed by atoms with Crippen LogP contribution in [0.3, 0.4) is 0 Å². The van der Waals surface area contributed by atoms with Crippen molar-refractivity contribution in [1.82, 2.24) is 20.0 Å². The highest BCUT2D eigenvalue weighted by Gasteiger charge is 2.34. The maximum atomic E-state index is 12.5. The molecule has 0 aromatic carbocycles. The highest BCUT2D eigenvalue weighted by molar-refractivity contribution is 6.27. The molecular weight excluding hydrogens is 406 g/mol. The van der Waals surface area contributed by atoms with Gasteiger partial charge in [-0.1, -0.05) is 19.3 Å². The van der Waals surface area contributed by atoms with E-state index < -0.39 is 11.9 Å². The summed E-state index contributed by atoms with van der Waals surface area (Å²) < 4.78 is 0. The van der Waals surface area contributed by atoms with Crippen LogP contribution in [0, 0.1) is 11.3 Å². The normalized spacial score (nSPS) is 21.5. The number of rotatable bonds is 6. The summed E-state index contributed by atoms with van der Waals surface area (Å²) in [6, 6.07) is 2.51. The summed E-state index contributed by atoms with van der Waals surface area (Å²) in [5.74, 6) is -3.66. The molecule has 3 aliphatic rings. The van der Waals surface area contributed by atoms with Crippen molar-refractivity contribution in [2.45, 2.75) is 57.0 Å². The molecule has 3 N–H and O–H groups in total. The van der Waals surface area contributed by atoms with E-state index in [-0.39, 0.29) is 24.5 Å². The van der Waals surface area contributed by atoms with Gasteiger partial charge in [-0.3, -0.25) is 4.79 Å². The van der Waals surface area contributed by atoms with Crippen LogP contribution in [0.2, 0.25) is 0 Å². The number of nitrogens with one attached hydrogen (secondary N) is 1. The van der Waals surface area contributed by atoms with Crippen LogP contribution in [-0.2, 0) is 14.4 Å². The Morgan fingerprint density at radius 1 is 1.00 bits per heavy atom. The Labute approximate surface area is 181 Å². The van der Waals surface area contributed by atoms with E-state index in [1.807, 2.05) is 9.80 Å². The fraction of sp³-hybridized carbons (Fsp3) is 0.750. The first-order valence-electron chi connectivity index (χ1n) is 10.8. The molecular formula is C20H31N5O6. The number of carbonyl (C=O) groups is 4. The summed E-state index contributed by atoms with van der Waals surface area (Å²) in [4.78, 5) is 48.5. The van der Waals surface area contributed by atoms with Crippen LogP contribution in [0.5, 0.6) is 0 Å². The second-order valence-corrected chi connectivity index (χ2v) is 7.92. The predicted molar refractivity (Wildman–Crippen MR) is 109 cm³/mol. The first-order valence-corrected chi connectivity index (χ1v) is 10.8. The molecule has 1 aliphatic carbocycles. The zero-order valence-electron chi connectivity index (χ0n) is 17.7. The highest BCUT2D eigenvalue weighted by Crippen LogP contribution is 2.25. The standard InChI is InChI=1S/C18H29N5O2.C2H2O4/c19-13-16-7-4-9-22(16)17(24)14-20-8-10-21-11-12-23(18(21)25)15-5-2-1-3-6-15;3-1(4)2(5)6/h15-16,20H,1-12,14H2;(H,3,4)(H,5,6). The van der Waals surface area contributed by atoms with Gasteiger partial charge in [-0.05, 0) is 25.7 Å². The second kappa shape index (κ2) is 12.1. The Morgan fingerprint density at radius 2 is 1.68 bits per heavy atom.